The van der Waals surface area contributed by atoms with E-state index < -0.39 is 23.2 Å². The minimum absolute atomic E-state index is 0.0571. The van der Waals surface area contributed by atoms with Gasteiger partial charge in [-0.3, -0.25) is 19.7 Å². The van der Waals surface area contributed by atoms with Crippen molar-refractivity contribution < 1.29 is 19.6 Å². The third-order valence-corrected chi connectivity index (χ3v) is 2.92. The van der Waals surface area contributed by atoms with Crippen LogP contribution in [0.1, 0.15) is 15.9 Å². The molecule has 22 heavy (non-hydrogen) atoms. The Bertz CT molecular complexity index is 728. The number of anilines is 1. The van der Waals surface area contributed by atoms with Crippen molar-refractivity contribution in [3.05, 3.63) is 69.8 Å². The molecule has 2 rings (SSSR count). The van der Waals surface area contributed by atoms with Gasteiger partial charge in [0.1, 0.15) is 6.54 Å². The van der Waals surface area contributed by atoms with Crippen LogP contribution < -0.4 is 5.32 Å². The summed E-state index contributed by atoms with van der Waals surface area (Å²) in [6, 6.07) is 11.9. The van der Waals surface area contributed by atoms with E-state index in [4.69, 9.17) is 5.11 Å². The number of nitrogens with one attached hydrogen (secondary N) is 1. The number of carbonyl (C=O) groups is 2. The number of ketones is 1. The van der Waals surface area contributed by atoms with Crippen LogP contribution >= 0.6 is 0 Å². The Balaban J connectivity index is 2.45. The minimum Gasteiger partial charge on any atom is -0.480 e. The predicted octanol–water partition coefficient (Wildman–Crippen LogP) is 2.32. The number of non-ortho nitro benzene ring substituents is 1. The lowest BCUT2D eigenvalue weighted by Gasteiger charge is -2.10. The molecule has 7 heteroatoms. The number of carboxylic acids is 1. The zero-order chi connectivity index (χ0) is 16.1. The molecule has 0 aliphatic rings. The first-order valence-corrected chi connectivity index (χ1v) is 6.33. The van der Waals surface area contributed by atoms with Crippen molar-refractivity contribution in [2.24, 2.45) is 0 Å². The number of carbonyl (C=O) groups excluding carboxylic acids is 1. The first-order chi connectivity index (χ1) is 10.5. The van der Waals surface area contributed by atoms with Gasteiger partial charge in [-0.15, -0.1) is 0 Å². The number of nitro benzene ring substituents is 1. The largest absolute Gasteiger partial charge is 0.480 e. The summed E-state index contributed by atoms with van der Waals surface area (Å²) >= 11 is 0. The maximum Gasteiger partial charge on any atom is 0.322 e. The van der Waals surface area contributed by atoms with E-state index in [0.29, 0.717) is 5.56 Å². The van der Waals surface area contributed by atoms with Crippen LogP contribution in [-0.4, -0.2) is 28.3 Å². The van der Waals surface area contributed by atoms with Gasteiger partial charge in [-0.2, -0.15) is 0 Å². The lowest BCUT2D eigenvalue weighted by molar-refractivity contribution is -0.384. The molecule has 0 aromatic heterocycles. The number of aliphatic carboxylic acids is 1. The van der Waals surface area contributed by atoms with Crippen LogP contribution in [0.4, 0.5) is 11.4 Å². The van der Waals surface area contributed by atoms with Crippen LogP contribution in [0.25, 0.3) is 0 Å². The third-order valence-electron chi connectivity index (χ3n) is 2.92. The van der Waals surface area contributed by atoms with Crippen LogP contribution in [0.5, 0.6) is 0 Å². The number of carboxylic acid groups (broad SMARTS) is 1. The summed E-state index contributed by atoms with van der Waals surface area (Å²) < 4.78 is 0. The number of nitrogens with zero attached hydrogens (tertiary/aromatic N) is 1. The number of benzene rings is 2. The van der Waals surface area contributed by atoms with E-state index in [0.717, 1.165) is 6.07 Å². The van der Waals surface area contributed by atoms with Crippen molar-refractivity contribution in [3.8, 4) is 0 Å². The molecule has 0 amide bonds. The molecule has 0 radical (unpaired) electrons. The maximum absolute atomic E-state index is 12.5. The van der Waals surface area contributed by atoms with Gasteiger partial charge in [0.25, 0.3) is 5.69 Å². The van der Waals surface area contributed by atoms with E-state index in [2.05, 4.69) is 5.32 Å². The molecular formula is C15H12N2O5. The molecule has 0 unspecified atom stereocenters. The fraction of sp³-hybridized carbons (Fsp3) is 0.0667. The minimum atomic E-state index is -1.10. The first kappa shape index (κ1) is 15.2. The predicted molar refractivity (Wildman–Crippen MR) is 79.1 cm³/mol. The molecule has 0 bridgehead atoms. The quantitative estimate of drug-likeness (QED) is 0.481. The molecule has 2 N–H and O–H groups in total. The van der Waals surface area contributed by atoms with E-state index in [1.165, 1.54) is 12.1 Å². The number of hydrogen-bond donors (Lipinski definition) is 2. The van der Waals surface area contributed by atoms with E-state index in [9.17, 15) is 19.7 Å². The lowest BCUT2D eigenvalue weighted by Crippen LogP contribution is -2.15. The van der Waals surface area contributed by atoms with Gasteiger partial charge in [0.05, 0.1) is 10.5 Å². The number of nitro groups is 1. The lowest BCUT2D eigenvalue weighted by atomic mass is 10.0. The molecule has 0 aliphatic carbocycles. The molecule has 0 heterocycles. The first-order valence-electron chi connectivity index (χ1n) is 6.33. The summed E-state index contributed by atoms with van der Waals surface area (Å²) in [7, 11) is 0. The highest BCUT2D eigenvalue weighted by molar-refractivity contribution is 6.12. The van der Waals surface area contributed by atoms with Crippen molar-refractivity contribution in [2.45, 2.75) is 0 Å². The molecule has 2 aromatic carbocycles. The van der Waals surface area contributed by atoms with Gasteiger partial charge in [0, 0.05) is 23.4 Å². The average molecular weight is 300 g/mol. The monoisotopic (exact) mass is 300 g/mol. The number of rotatable bonds is 6. The molecule has 0 fully saturated rings. The van der Waals surface area contributed by atoms with E-state index >= 15 is 0 Å². The molecular weight excluding hydrogens is 288 g/mol. The van der Waals surface area contributed by atoms with Gasteiger partial charge in [0.15, 0.2) is 5.78 Å². The maximum atomic E-state index is 12.5. The van der Waals surface area contributed by atoms with Crippen molar-refractivity contribution in [2.75, 3.05) is 11.9 Å². The number of hydrogen-bond acceptors (Lipinski definition) is 5. The van der Waals surface area contributed by atoms with Gasteiger partial charge in [-0.25, -0.2) is 0 Å². The van der Waals surface area contributed by atoms with Gasteiger partial charge in [-0.1, -0.05) is 30.3 Å². The Kier molecular flexibility index (Phi) is 4.47. The standard InChI is InChI=1S/C15H12N2O5/c18-14(19)9-16-13-7-6-11(17(21)22)8-12(13)15(20)10-4-2-1-3-5-10/h1-8,16H,9H2,(H,18,19). The van der Waals surface area contributed by atoms with E-state index in [1.54, 1.807) is 30.3 Å². The molecule has 0 atom stereocenters. The third kappa shape index (κ3) is 3.45. The van der Waals surface area contributed by atoms with Gasteiger partial charge in [-0.05, 0) is 6.07 Å². The fourth-order valence-corrected chi connectivity index (χ4v) is 1.90. The normalized spacial score (nSPS) is 10.0. The van der Waals surface area contributed by atoms with Crippen LogP contribution in [0.3, 0.4) is 0 Å². The Hall–Kier alpha value is -3.22. The molecule has 0 saturated carbocycles. The van der Waals surface area contributed by atoms with Gasteiger partial charge >= 0.3 is 5.97 Å². The molecule has 2 aromatic rings. The van der Waals surface area contributed by atoms with Gasteiger partial charge in [0.2, 0.25) is 0 Å². The summed E-state index contributed by atoms with van der Waals surface area (Å²) in [5.74, 6) is -1.52. The Morgan fingerprint density at radius 1 is 1.14 bits per heavy atom. The Morgan fingerprint density at radius 2 is 1.82 bits per heavy atom. The van der Waals surface area contributed by atoms with Crippen LogP contribution in [-0.2, 0) is 4.79 Å². The highest BCUT2D eigenvalue weighted by Crippen LogP contribution is 2.24. The highest BCUT2D eigenvalue weighted by atomic mass is 16.6. The molecule has 112 valence electrons. The summed E-state index contributed by atoms with van der Waals surface area (Å²) in [4.78, 5) is 33.4. The summed E-state index contributed by atoms with van der Waals surface area (Å²) in [6.07, 6.45) is 0. The van der Waals surface area contributed by atoms with Crippen LogP contribution in [0, 0.1) is 10.1 Å². The fourth-order valence-electron chi connectivity index (χ4n) is 1.90. The Morgan fingerprint density at radius 3 is 2.41 bits per heavy atom. The van der Waals surface area contributed by atoms with Crippen molar-refractivity contribution in [3.63, 3.8) is 0 Å². The second-order valence-corrected chi connectivity index (χ2v) is 4.43. The van der Waals surface area contributed by atoms with Crippen LogP contribution in [0.2, 0.25) is 0 Å². The van der Waals surface area contributed by atoms with E-state index in [-0.39, 0.29) is 16.9 Å². The summed E-state index contributed by atoms with van der Waals surface area (Å²) in [5, 5.41) is 22.2. The topological polar surface area (TPSA) is 110 Å². The van der Waals surface area contributed by atoms with Crippen molar-refractivity contribution in [1.29, 1.82) is 0 Å². The summed E-state index contributed by atoms with van der Waals surface area (Å²) in [5.41, 5.74) is 0.421. The van der Waals surface area contributed by atoms with Crippen molar-refractivity contribution >= 4 is 23.1 Å². The Labute approximate surface area is 125 Å². The molecule has 0 saturated heterocycles. The second kappa shape index (κ2) is 6.49. The highest BCUT2D eigenvalue weighted by Gasteiger charge is 2.18. The summed E-state index contributed by atoms with van der Waals surface area (Å²) in [6.45, 7) is -0.396. The molecule has 7 nitrogen and oxygen atoms in total. The van der Waals surface area contributed by atoms with E-state index in [1.807, 2.05) is 0 Å². The molecule has 0 aliphatic heterocycles. The smallest absolute Gasteiger partial charge is 0.322 e. The van der Waals surface area contributed by atoms with Crippen molar-refractivity contribution in [1.82, 2.24) is 0 Å². The zero-order valence-electron chi connectivity index (χ0n) is 11.4. The second-order valence-electron chi connectivity index (χ2n) is 4.43. The average Bonchev–Trinajstić information content (AvgIpc) is 2.52. The zero-order valence-corrected chi connectivity index (χ0v) is 11.4. The van der Waals surface area contributed by atoms with Crippen LogP contribution in [0.15, 0.2) is 48.5 Å². The van der Waals surface area contributed by atoms with Gasteiger partial charge < -0.3 is 10.4 Å². The molecule has 0 spiro atoms. The SMILES string of the molecule is O=C(O)CNc1ccc([N+](=O)[O-])cc1C(=O)c1ccccc1.